The molecule has 20 heavy (non-hydrogen) atoms. The predicted octanol–water partition coefficient (Wildman–Crippen LogP) is -0.183. The number of hydrogen-bond donors (Lipinski definition) is 2. The summed E-state index contributed by atoms with van der Waals surface area (Å²) in [6.07, 6.45) is 0. The van der Waals surface area contributed by atoms with Crippen LogP contribution in [0.1, 0.15) is 13.8 Å². The highest BCUT2D eigenvalue weighted by Gasteiger charge is 2.38. The van der Waals surface area contributed by atoms with Crippen molar-refractivity contribution in [3.63, 3.8) is 0 Å². The Balaban J connectivity index is 2.12. The van der Waals surface area contributed by atoms with Crippen LogP contribution in [0.4, 0.5) is 4.79 Å². The van der Waals surface area contributed by atoms with E-state index in [0.717, 1.165) is 4.90 Å². The Morgan fingerprint density at radius 1 is 1.30 bits per heavy atom. The number of piperazine rings is 1. The minimum atomic E-state index is -1.09. The fraction of sp³-hybridized carbons (Fsp3) is 0.750. The van der Waals surface area contributed by atoms with Gasteiger partial charge in [-0.2, -0.15) is 11.8 Å². The van der Waals surface area contributed by atoms with E-state index in [-0.39, 0.29) is 25.0 Å². The molecule has 2 aliphatic heterocycles. The Bertz CT molecular complexity index is 421. The van der Waals surface area contributed by atoms with Crippen LogP contribution in [-0.2, 0) is 9.59 Å². The molecule has 0 aromatic heterocycles. The molecule has 2 heterocycles. The van der Waals surface area contributed by atoms with Crippen LogP contribution >= 0.6 is 11.8 Å². The van der Waals surface area contributed by atoms with Crippen molar-refractivity contribution in [1.29, 1.82) is 0 Å². The van der Waals surface area contributed by atoms with Crippen LogP contribution in [0.25, 0.3) is 0 Å². The molecule has 0 aromatic carbocycles. The van der Waals surface area contributed by atoms with Crippen molar-refractivity contribution in [1.82, 2.24) is 15.1 Å². The zero-order valence-corrected chi connectivity index (χ0v) is 12.4. The summed E-state index contributed by atoms with van der Waals surface area (Å²) in [7, 11) is 0. The van der Waals surface area contributed by atoms with Gasteiger partial charge in [0, 0.05) is 30.1 Å². The van der Waals surface area contributed by atoms with Crippen LogP contribution in [0.2, 0.25) is 0 Å². The van der Waals surface area contributed by atoms with Gasteiger partial charge in [0.25, 0.3) is 0 Å². The van der Waals surface area contributed by atoms with Gasteiger partial charge < -0.3 is 15.3 Å². The summed E-state index contributed by atoms with van der Waals surface area (Å²) < 4.78 is 0. The largest absolute Gasteiger partial charge is 0.480 e. The summed E-state index contributed by atoms with van der Waals surface area (Å²) in [6, 6.07) is -1.34. The zero-order chi connectivity index (χ0) is 14.9. The summed E-state index contributed by atoms with van der Waals surface area (Å²) in [5.74, 6) is -1.41. The average molecular weight is 301 g/mol. The smallest absolute Gasteiger partial charge is 0.328 e. The number of thioether (sulfide) groups is 1. The summed E-state index contributed by atoms with van der Waals surface area (Å²) in [5, 5.41) is 12.3. The maximum absolute atomic E-state index is 12.5. The summed E-state index contributed by atoms with van der Waals surface area (Å²) in [6.45, 7) is 5.02. The third kappa shape index (κ3) is 3.17. The van der Waals surface area contributed by atoms with Gasteiger partial charge in [0.1, 0.15) is 12.6 Å². The second-order valence-electron chi connectivity index (χ2n) is 5.23. The van der Waals surface area contributed by atoms with Crippen molar-refractivity contribution in [2.75, 3.05) is 26.2 Å². The highest BCUT2D eigenvalue weighted by atomic mass is 32.2. The number of carboxylic acid groups (broad SMARTS) is 1. The molecule has 3 amide bonds. The molecule has 0 aliphatic carbocycles. The van der Waals surface area contributed by atoms with Crippen molar-refractivity contribution in [3.8, 4) is 0 Å². The van der Waals surface area contributed by atoms with Crippen molar-refractivity contribution in [2.45, 2.75) is 30.4 Å². The van der Waals surface area contributed by atoms with E-state index in [4.69, 9.17) is 0 Å². The van der Waals surface area contributed by atoms with Crippen molar-refractivity contribution in [3.05, 3.63) is 0 Å². The molecule has 0 bridgehead atoms. The predicted molar refractivity (Wildman–Crippen MR) is 74.6 cm³/mol. The molecule has 3 unspecified atom stereocenters. The van der Waals surface area contributed by atoms with Gasteiger partial charge in [0.2, 0.25) is 5.91 Å². The van der Waals surface area contributed by atoms with E-state index >= 15 is 0 Å². The molecule has 2 fully saturated rings. The fourth-order valence-corrected chi connectivity index (χ4v) is 3.90. The van der Waals surface area contributed by atoms with Gasteiger partial charge in [-0.3, -0.25) is 9.69 Å². The molecule has 3 atom stereocenters. The first-order valence-corrected chi connectivity index (χ1v) is 7.53. The number of rotatable bonds is 1. The fourth-order valence-electron chi connectivity index (χ4n) is 2.58. The molecule has 112 valence electrons. The monoisotopic (exact) mass is 301 g/mol. The standard InChI is InChI=1S/C12H19N3O4S/c1-7-4-14(5-8(2)20-7)12(19)15-6-10(16)13-3-9(15)11(17)18/h7-9H,3-6H2,1-2H3,(H,13,16)(H,17,18). The summed E-state index contributed by atoms with van der Waals surface area (Å²) >= 11 is 1.81. The van der Waals surface area contributed by atoms with E-state index in [0.29, 0.717) is 23.6 Å². The lowest BCUT2D eigenvalue weighted by Crippen LogP contribution is -2.63. The van der Waals surface area contributed by atoms with Crippen LogP contribution in [0.15, 0.2) is 0 Å². The first-order chi connectivity index (χ1) is 9.38. The quantitative estimate of drug-likeness (QED) is 0.701. The van der Waals surface area contributed by atoms with Gasteiger partial charge in [-0.25, -0.2) is 9.59 Å². The summed E-state index contributed by atoms with van der Waals surface area (Å²) in [5.41, 5.74) is 0. The maximum Gasteiger partial charge on any atom is 0.328 e. The van der Waals surface area contributed by atoms with E-state index in [2.05, 4.69) is 5.32 Å². The van der Waals surface area contributed by atoms with Gasteiger partial charge in [-0.05, 0) is 0 Å². The number of carbonyl (C=O) groups excluding carboxylic acids is 2. The van der Waals surface area contributed by atoms with Crippen molar-refractivity contribution < 1.29 is 19.5 Å². The van der Waals surface area contributed by atoms with E-state index < -0.39 is 12.0 Å². The number of hydrogen-bond acceptors (Lipinski definition) is 4. The van der Waals surface area contributed by atoms with Gasteiger partial charge in [-0.1, -0.05) is 13.8 Å². The Kier molecular flexibility index (Phi) is 4.42. The first-order valence-electron chi connectivity index (χ1n) is 6.59. The molecule has 8 heteroatoms. The molecule has 7 nitrogen and oxygen atoms in total. The number of aliphatic carboxylic acids is 1. The number of carbonyl (C=O) groups is 3. The second kappa shape index (κ2) is 5.90. The topological polar surface area (TPSA) is 90.0 Å². The minimum Gasteiger partial charge on any atom is -0.480 e. The van der Waals surface area contributed by atoms with Crippen LogP contribution in [0, 0.1) is 0 Å². The molecule has 2 rings (SSSR count). The lowest BCUT2D eigenvalue weighted by atomic mass is 10.2. The van der Waals surface area contributed by atoms with Crippen LogP contribution in [-0.4, -0.2) is 75.5 Å². The SMILES string of the molecule is CC1CN(C(=O)N2CC(=O)NCC2C(=O)O)CC(C)S1. The second-order valence-corrected chi connectivity index (χ2v) is 7.11. The minimum absolute atomic E-state index is 0.0341. The van der Waals surface area contributed by atoms with E-state index in [1.54, 1.807) is 4.90 Å². The highest BCUT2D eigenvalue weighted by Crippen LogP contribution is 2.25. The van der Waals surface area contributed by atoms with Gasteiger partial charge in [-0.15, -0.1) is 0 Å². The average Bonchev–Trinajstić information content (AvgIpc) is 2.36. The van der Waals surface area contributed by atoms with Crippen LogP contribution in [0.5, 0.6) is 0 Å². The molecular formula is C12H19N3O4S. The zero-order valence-electron chi connectivity index (χ0n) is 11.5. The molecular weight excluding hydrogens is 282 g/mol. The first kappa shape index (κ1) is 15.0. The Morgan fingerprint density at radius 2 is 1.90 bits per heavy atom. The highest BCUT2D eigenvalue weighted by molar-refractivity contribution is 8.00. The normalized spacial score (nSPS) is 30.9. The molecule has 2 N–H and O–H groups in total. The van der Waals surface area contributed by atoms with Gasteiger partial charge >= 0.3 is 12.0 Å². The number of urea groups is 1. The maximum atomic E-state index is 12.5. The third-order valence-corrected chi connectivity index (χ3v) is 4.63. The Hall–Kier alpha value is -1.44. The molecule has 0 radical (unpaired) electrons. The number of nitrogens with zero attached hydrogens (tertiary/aromatic N) is 2. The number of nitrogens with one attached hydrogen (secondary N) is 1. The Labute approximate surface area is 121 Å². The Morgan fingerprint density at radius 3 is 2.45 bits per heavy atom. The van der Waals surface area contributed by atoms with E-state index in [1.807, 2.05) is 25.6 Å². The lowest BCUT2D eigenvalue weighted by molar-refractivity contribution is -0.144. The van der Waals surface area contributed by atoms with Gasteiger partial charge in [0.05, 0.1) is 0 Å². The lowest BCUT2D eigenvalue weighted by Gasteiger charge is -2.40. The number of carboxylic acids is 1. The van der Waals surface area contributed by atoms with E-state index in [9.17, 15) is 19.5 Å². The molecule has 0 saturated carbocycles. The van der Waals surface area contributed by atoms with Crippen LogP contribution in [0.3, 0.4) is 0 Å². The van der Waals surface area contributed by atoms with Crippen molar-refractivity contribution >= 4 is 29.7 Å². The number of amides is 3. The molecule has 2 saturated heterocycles. The molecule has 2 aliphatic rings. The van der Waals surface area contributed by atoms with Gasteiger partial charge in [0.15, 0.2) is 0 Å². The third-order valence-electron chi connectivity index (χ3n) is 3.40. The molecule has 0 aromatic rings. The summed E-state index contributed by atoms with van der Waals surface area (Å²) in [4.78, 5) is 38.0. The van der Waals surface area contributed by atoms with E-state index in [1.165, 1.54) is 0 Å². The van der Waals surface area contributed by atoms with Crippen LogP contribution < -0.4 is 5.32 Å². The molecule has 0 spiro atoms. The van der Waals surface area contributed by atoms with Crippen molar-refractivity contribution in [2.24, 2.45) is 0 Å².